The average molecular weight is 371 g/mol. The molecule has 5 heteroatoms. The first kappa shape index (κ1) is 18.6. The van der Waals surface area contributed by atoms with Crippen molar-refractivity contribution >= 4 is 23.2 Å². The van der Waals surface area contributed by atoms with Gasteiger partial charge in [0, 0.05) is 37.5 Å². The zero-order valence-electron chi connectivity index (χ0n) is 15.5. The Labute approximate surface area is 159 Å². The Kier molecular flexibility index (Phi) is 6.09. The molecular weight excluding hydrogens is 344 g/mol. The monoisotopic (exact) mass is 370 g/mol. The van der Waals surface area contributed by atoms with Crippen LogP contribution in [0.5, 0.6) is 0 Å². The molecule has 0 radical (unpaired) electrons. The molecule has 138 valence electrons. The third-order valence-corrected chi connectivity index (χ3v) is 5.95. The van der Waals surface area contributed by atoms with Crippen LogP contribution in [0.4, 0.5) is 0 Å². The summed E-state index contributed by atoms with van der Waals surface area (Å²) in [7, 11) is 0. The molecular formula is C21H26N2O2S. The van der Waals surface area contributed by atoms with E-state index in [1.165, 1.54) is 16.0 Å². The van der Waals surface area contributed by atoms with Gasteiger partial charge < -0.3 is 9.80 Å². The SMILES string of the molecule is CCC(=O)N1CCN(CC)C(=O)[C@H](Cc2ccccc2-c2cccs2)C1. The van der Waals surface area contributed by atoms with Crippen LogP contribution in [0, 0.1) is 5.92 Å². The van der Waals surface area contributed by atoms with Crippen LogP contribution in [-0.2, 0) is 16.0 Å². The lowest BCUT2D eigenvalue weighted by Crippen LogP contribution is -2.37. The average Bonchev–Trinajstić information content (AvgIpc) is 3.15. The van der Waals surface area contributed by atoms with Gasteiger partial charge in [0.15, 0.2) is 0 Å². The second-order valence-electron chi connectivity index (χ2n) is 6.65. The predicted molar refractivity (Wildman–Crippen MR) is 106 cm³/mol. The maximum absolute atomic E-state index is 13.0. The molecule has 2 heterocycles. The fourth-order valence-electron chi connectivity index (χ4n) is 3.60. The molecule has 4 nitrogen and oxygen atoms in total. The lowest BCUT2D eigenvalue weighted by atomic mass is 9.93. The summed E-state index contributed by atoms with van der Waals surface area (Å²) in [5.41, 5.74) is 2.37. The number of benzene rings is 1. The van der Waals surface area contributed by atoms with Crippen LogP contribution in [0.2, 0.25) is 0 Å². The van der Waals surface area contributed by atoms with Gasteiger partial charge in [0.05, 0.1) is 5.92 Å². The standard InChI is InChI=1S/C21H26N2O2S/c1-3-20(24)23-12-11-22(4-2)21(25)17(15-23)14-16-8-5-6-9-18(16)19-10-7-13-26-19/h5-10,13,17H,3-4,11-12,14-15H2,1-2H3/t17-/m1/s1. The Morgan fingerprint density at radius 2 is 1.96 bits per heavy atom. The molecule has 1 aromatic heterocycles. The summed E-state index contributed by atoms with van der Waals surface area (Å²) in [5, 5.41) is 2.07. The van der Waals surface area contributed by atoms with Gasteiger partial charge in [-0.1, -0.05) is 37.3 Å². The topological polar surface area (TPSA) is 40.6 Å². The van der Waals surface area contributed by atoms with Crippen molar-refractivity contribution in [3.8, 4) is 10.4 Å². The van der Waals surface area contributed by atoms with E-state index in [1.807, 2.05) is 41.8 Å². The zero-order valence-corrected chi connectivity index (χ0v) is 16.3. The largest absolute Gasteiger partial charge is 0.341 e. The van der Waals surface area contributed by atoms with Crippen molar-refractivity contribution in [1.82, 2.24) is 9.80 Å². The van der Waals surface area contributed by atoms with E-state index in [2.05, 4.69) is 23.6 Å². The van der Waals surface area contributed by atoms with Crippen molar-refractivity contribution in [3.05, 3.63) is 47.3 Å². The fraction of sp³-hybridized carbons (Fsp3) is 0.429. The van der Waals surface area contributed by atoms with Crippen molar-refractivity contribution in [2.24, 2.45) is 5.92 Å². The normalized spacial score (nSPS) is 18.1. The second-order valence-corrected chi connectivity index (χ2v) is 7.59. The Morgan fingerprint density at radius 1 is 1.15 bits per heavy atom. The first-order chi connectivity index (χ1) is 12.6. The summed E-state index contributed by atoms with van der Waals surface area (Å²) in [6.45, 7) is 6.36. The van der Waals surface area contributed by atoms with E-state index in [9.17, 15) is 9.59 Å². The van der Waals surface area contributed by atoms with Crippen LogP contribution >= 0.6 is 11.3 Å². The molecule has 0 saturated carbocycles. The summed E-state index contributed by atoms with van der Waals surface area (Å²) in [6.07, 6.45) is 1.15. The molecule has 1 fully saturated rings. The lowest BCUT2D eigenvalue weighted by molar-refractivity contribution is -0.134. The van der Waals surface area contributed by atoms with Gasteiger partial charge in [-0.05, 0) is 35.9 Å². The molecule has 1 atom stereocenters. The van der Waals surface area contributed by atoms with E-state index in [4.69, 9.17) is 0 Å². The minimum Gasteiger partial charge on any atom is -0.341 e. The molecule has 0 bridgehead atoms. The molecule has 1 aliphatic heterocycles. The molecule has 1 aromatic carbocycles. The van der Waals surface area contributed by atoms with Crippen molar-refractivity contribution in [2.75, 3.05) is 26.2 Å². The Bertz CT molecular complexity index is 757. The van der Waals surface area contributed by atoms with Crippen LogP contribution in [-0.4, -0.2) is 47.8 Å². The molecule has 26 heavy (non-hydrogen) atoms. The lowest BCUT2D eigenvalue weighted by Gasteiger charge is -2.24. The molecule has 0 unspecified atom stereocenters. The number of carbonyl (C=O) groups excluding carboxylic acids is 2. The number of nitrogens with zero attached hydrogens (tertiary/aromatic N) is 2. The van der Waals surface area contributed by atoms with E-state index in [0.717, 1.165) is 0 Å². The van der Waals surface area contributed by atoms with Gasteiger partial charge in [-0.2, -0.15) is 0 Å². The van der Waals surface area contributed by atoms with Crippen molar-refractivity contribution in [2.45, 2.75) is 26.7 Å². The van der Waals surface area contributed by atoms with Gasteiger partial charge >= 0.3 is 0 Å². The summed E-state index contributed by atoms with van der Waals surface area (Å²) < 4.78 is 0. The minimum atomic E-state index is -0.186. The van der Waals surface area contributed by atoms with E-state index in [1.54, 1.807) is 11.3 Å². The molecule has 2 amide bonds. The van der Waals surface area contributed by atoms with Crippen molar-refractivity contribution < 1.29 is 9.59 Å². The van der Waals surface area contributed by atoms with Crippen LogP contribution in [0.25, 0.3) is 10.4 Å². The maximum Gasteiger partial charge on any atom is 0.227 e. The molecule has 1 saturated heterocycles. The molecule has 3 rings (SSSR count). The van der Waals surface area contributed by atoms with E-state index >= 15 is 0 Å². The van der Waals surface area contributed by atoms with Crippen LogP contribution in [0.15, 0.2) is 41.8 Å². The molecule has 0 N–H and O–H groups in total. The predicted octanol–water partition coefficient (Wildman–Crippen LogP) is 3.67. The number of likely N-dealkylation sites (N-methyl/N-ethyl adjacent to an activating group) is 1. The fourth-order valence-corrected chi connectivity index (χ4v) is 4.38. The van der Waals surface area contributed by atoms with Crippen molar-refractivity contribution in [1.29, 1.82) is 0 Å². The molecule has 2 aromatic rings. The first-order valence-corrected chi connectivity index (χ1v) is 10.2. The number of hydrogen-bond acceptors (Lipinski definition) is 3. The molecule has 1 aliphatic rings. The second kappa shape index (κ2) is 8.49. The van der Waals surface area contributed by atoms with Gasteiger partial charge in [0.2, 0.25) is 11.8 Å². The summed E-state index contributed by atoms with van der Waals surface area (Å²) >= 11 is 1.71. The molecule has 0 spiro atoms. The highest BCUT2D eigenvalue weighted by Crippen LogP contribution is 2.30. The third kappa shape index (κ3) is 3.98. The Balaban J connectivity index is 1.89. The Hall–Kier alpha value is -2.14. The number of amides is 2. The minimum absolute atomic E-state index is 0.132. The van der Waals surface area contributed by atoms with Crippen molar-refractivity contribution in [3.63, 3.8) is 0 Å². The smallest absolute Gasteiger partial charge is 0.227 e. The highest BCUT2D eigenvalue weighted by Gasteiger charge is 2.31. The van der Waals surface area contributed by atoms with Gasteiger partial charge in [-0.25, -0.2) is 0 Å². The van der Waals surface area contributed by atoms with Crippen LogP contribution in [0.1, 0.15) is 25.8 Å². The highest BCUT2D eigenvalue weighted by atomic mass is 32.1. The number of hydrogen-bond donors (Lipinski definition) is 0. The van der Waals surface area contributed by atoms with Gasteiger partial charge in [0.25, 0.3) is 0 Å². The number of carbonyl (C=O) groups is 2. The van der Waals surface area contributed by atoms with E-state index in [-0.39, 0.29) is 17.7 Å². The third-order valence-electron chi connectivity index (χ3n) is 5.05. The quantitative estimate of drug-likeness (QED) is 0.806. The summed E-state index contributed by atoms with van der Waals surface area (Å²) in [6, 6.07) is 12.5. The van der Waals surface area contributed by atoms with E-state index in [0.29, 0.717) is 39.0 Å². The van der Waals surface area contributed by atoms with Crippen LogP contribution < -0.4 is 0 Å². The summed E-state index contributed by atoms with van der Waals surface area (Å²) in [5.74, 6) is 0.112. The maximum atomic E-state index is 13.0. The van der Waals surface area contributed by atoms with Gasteiger partial charge in [-0.3, -0.25) is 9.59 Å². The molecule has 0 aliphatic carbocycles. The first-order valence-electron chi connectivity index (χ1n) is 9.32. The van der Waals surface area contributed by atoms with Crippen LogP contribution in [0.3, 0.4) is 0 Å². The zero-order chi connectivity index (χ0) is 18.5. The number of rotatable bonds is 5. The highest BCUT2D eigenvalue weighted by molar-refractivity contribution is 7.13. The summed E-state index contributed by atoms with van der Waals surface area (Å²) in [4.78, 5) is 30.3. The number of thiophene rings is 1. The Morgan fingerprint density at radius 3 is 2.65 bits per heavy atom. The van der Waals surface area contributed by atoms with E-state index < -0.39 is 0 Å². The van der Waals surface area contributed by atoms with Gasteiger partial charge in [-0.15, -0.1) is 11.3 Å². The van der Waals surface area contributed by atoms with Gasteiger partial charge in [0.1, 0.15) is 0 Å².